The van der Waals surface area contributed by atoms with Gasteiger partial charge in [0.2, 0.25) is 10.0 Å². The van der Waals surface area contributed by atoms with Crippen molar-refractivity contribution < 1.29 is 8.42 Å². The van der Waals surface area contributed by atoms with Gasteiger partial charge in [-0.2, -0.15) is 0 Å². The van der Waals surface area contributed by atoms with Gasteiger partial charge in [-0.25, -0.2) is 18.1 Å². The Morgan fingerprint density at radius 1 is 1.12 bits per heavy atom. The molecule has 4 rings (SSSR count). The minimum absolute atomic E-state index is 0.0762. The van der Waals surface area contributed by atoms with Crippen LogP contribution in [0, 0.1) is 6.92 Å². The van der Waals surface area contributed by atoms with Crippen LogP contribution in [-0.2, 0) is 10.0 Å². The number of nitrogens with one attached hydrogen (secondary N) is 2. The van der Waals surface area contributed by atoms with E-state index in [-0.39, 0.29) is 6.04 Å². The van der Waals surface area contributed by atoms with E-state index in [1.807, 2.05) is 25.1 Å². The SMILES string of the molecule is Cc1cc2c(-c3ccc(S(=O)(=O)NC4CCCC4)cc3)ccnc2[nH]1. The number of hydrogen-bond donors (Lipinski definition) is 2. The Hall–Kier alpha value is -2.18. The van der Waals surface area contributed by atoms with Crippen molar-refractivity contribution in [1.82, 2.24) is 14.7 Å². The highest BCUT2D eigenvalue weighted by atomic mass is 32.2. The molecule has 0 amide bonds. The summed E-state index contributed by atoms with van der Waals surface area (Å²) >= 11 is 0. The van der Waals surface area contributed by atoms with Crippen LogP contribution in [0.1, 0.15) is 31.4 Å². The molecule has 1 aliphatic rings. The van der Waals surface area contributed by atoms with Crippen molar-refractivity contribution in [3.8, 4) is 11.1 Å². The van der Waals surface area contributed by atoms with Crippen molar-refractivity contribution in [3.05, 3.63) is 48.3 Å². The third kappa shape index (κ3) is 3.19. The Kier molecular flexibility index (Phi) is 4.09. The Morgan fingerprint density at radius 3 is 2.56 bits per heavy atom. The second kappa shape index (κ2) is 6.28. The molecule has 2 aromatic heterocycles. The Bertz CT molecular complexity index is 1000. The maximum absolute atomic E-state index is 12.5. The van der Waals surface area contributed by atoms with Gasteiger partial charge >= 0.3 is 0 Å². The molecule has 0 radical (unpaired) electrons. The van der Waals surface area contributed by atoms with Crippen LogP contribution in [-0.4, -0.2) is 24.4 Å². The van der Waals surface area contributed by atoms with E-state index in [4.69, 9.17) is 0 Å². The zero-order valence-electron chi connectivity index (χ0n) is 14.1. The van der Waals surface area contributed by atoms with E-state index < -0.39 is 10.0 Å². The molecule has 2 N–H and O–H groups in total. The number of fused-ring (bicyclic) bond motifs is 1. The number of hydrogen-bond acceptors (Lipinski definition) is 3. The van der Waals surface area contributed by atoms with Crippen LogP contribution in [0.15, 0.2) is 47.5 Å². The summed E-state index contributed by atoms with van der Waals surface area (Å²) < 4.78 is 27.9. The number of sulfonamides is 1. The first-order valence-corrected chi connectivity index (χ1v) is 10.1. The largest absolute Gasteiger partial charge is 0.344 e. The van der Waals surface area contributed by atoms with E-state index in [9.17, 15) is 8.42 Å². The minimum Gasteiger partial charge on any atom is -0.344 e. The molecule has 0 atom stereocenters. The number of aromatic nitrogens is 2. The smallest absolute Gasteiger partial charge is 0.240 e. The molecule has 6 heteroatoms. The molecule has 1 saturated carbocycles. The Morgan fingerprint density at radius 2 is 1.84 bits per heavy atom. The number of nitrogens with zero attached hydrogens (tertiary/aromatic N) is 1. The second-order valence-corrected chi connectivity index (χ2v) is 8.41. The molecule has 1 aliphatic carbocycles. The van der Waals surface area contributed by atoms with Crippen LogP contribution in [0.4, 0.5) is 0 Å². The van der Waals surface area contributed by atoms with Gasteiger partial charge in [0, 0.05) is 23.3 Å². The molecular formula is C19H21N3O2S. The third-order valence-electron chi connectivity index (χ3n) is 4.82. The van der Waals surface area contributed by atoms with Gasteiger partial charge in [0.15, 0.2) is 0 Å². The van der Waals surface area contributed by atoms with Crippen molar-refractivity contribution in [3.63, 3.8) is 0 Å². The third-order valence-corrected chi connectivity index (χ3v) is 6.36. The number of benzene rings is 1. The molecule has 1 fully saturated rings. The number of aryl methyl sites for hydroxylation is 1. The van der Waals surface area contributed by atoms with Gasteiger partial charge in [0.25, 0.3) is 0 Å². The molecule has 3 aromatic rings. The highest BCUT2D eigenvalue weighted by Gasteiger charge is 2.22. The molecule has 130 valence electrons. The van der Waals surface area contributed by atoms with Crippen LogP contribution in [0.3, 0.4) is 0 Å². The lowest BCUT2D eigenvalue weighted by atomic mass is 10.0. The van der Waals surface area contributed by atoms with E-state index in [2.05, 4.69) is 20.8 Å². The Balaban J connectivity index is 1.65. The quantitative estimate of drug-likeness (QED) is 0.748. The summed E-state index contributed by atoms with van der Waals surface area (Å²) in [5, 5.41) is 1.04. The average molecular weight is 355 g/mol. The number of H-pyrrole nitrogens is 1. The van der Waals surface area contributed by atoms with Crippen LogP contribution >= 0.6 is 0 Å². The molecule has 0 bridgehead atoms. The molecule has 5 nitrogen and oxygen atoms in total. The van der Waals surface area contributed by atoms with Crippen molar-refractivity contribution in [2.24, 2.45) is 0 Å². The van der Waals surface area contributed by atoms with Gasteiger partial charge in [-0.05, 0) is 55.2 Å². The van der Waals surface area contributed by atoms with E-state index >= 15 is 0 Å². The predicted molar refractivity (Wildman–Crippen MR) is 98.8 cm³/mol. The monoisotopic (exact) mass is 355 g/mol. The fourth-order valence-electron chi connectivity index (χ4n) is 3.55. The predicted octanol–water partition coefficient (Wildman–Crippen LogP) is 3.76. The average Bonchev–Trinajstić information content (AvgIpc) is 3.22. The number of aromatic amines is 1. The first kappa shape index (κ1) is 16.3. The summed E-state index contributed by atoms with van der Waals surface area (Å²) in [6.07, 6.45) is 5.82. The fraction of sp³-hybridized carbons (Fsp3) is 0.316. The van der Waals surface area contributed by atoms with Gasteiger partial charge < -0.3 is 4.98 Å². The fourth-order valence-corrected chi connectivity index (χ4v) is 4.86. The van der Waals surface area contributed by atoms with Crippen LogP contribution in [0.2, 0.25) is 0 Å². The second-order valence-electron chi connectivity index (χ2n) is 6.70. The molecular weight excluding hydrogens is 334 g/mol. The van der Waals surface area contributed by atoms with E-state index in [0.29, 0.717) is 4.90 Å². The zero-order chi connectivity index (χ0) is 17.4. The van der Waals surface area contributed by atoms with Crippen LogP contribution < -0.4 is 4.72 Å². The van der Waals surface area contributed by atoms with Gasteiger partial charge in [0.1, 0.15) is 5.65 Å². The standard InChI is InChI=1S/C19H21N3O2S/c1-13-12-18-17(10-11-20-19(18)21-13)14-6-8-16(9-7-14)25(23,24)22-15-4-2-3-5-15/h6-12,15,22H,2-5H2,1H3,(H,20,21). The van der Waals surface area contributed by atoms with Crippen LogP contribution in [0.5, 0.6) is 0 Å². The van der Waals surface area contributed by atoms with Gasteiger partial charge in [-0.1, -0.05) is 25.0 Å². The molecule has 0 unspecified atom stereocenters. The zero-order valence-corrected chi connectivity index (χ0v) is 14.9. The van der Waals surface area contributed by atoms with Gasteiger partial charge in [-0.15, -0.1) is 0 Å². The maximum Gasteiger partial charge on any atom is 0.240 e. The molecule has 25 heavy (non-hydrogen) atoms. The minimum atomic E-state index is -3.45. The van der Waals surface area contributed by atoms with Gasteiger partial charge in [-0.3, -0.25) is 0 Å². The first-order chi connectivity index (χ1) is 12.0. The summed E-state index contributed by atoms with van der Waals surface area (Å²) in [6, 6.07) is 11.2. The van der Waals surface area contributed by atoms with E-state index in [0.717, 1.165) is 53.5 Å². The van der Waals surface area contributed by atoms with Crippen molar-refractivity contribution >= 4 is 21.1 Å². The molecule has 0 aliphatic heterocycles. The van der Waals surface area contributed by atoms with E-state index in [1.165, 1.54) is 0 Å². The van der Waals surface area contributed by atoms with Crippen LogP contribution in [0.25, 0.3) is 22.2 Å². The number of pyridine rings is 1. The molecule has 1 aromatic carbocycles. The Labute approximate surface area is 147 Å². The summed E-state index contributed by atoms with van der Waals surface area (Å²) in [7, 11) is -3.45. The lowest BCUT2D eigenvalue weighted by Gasteiger charge is -2.13. The highest BCUT2D eigenvalue weighted by molar-refractivity contribution is 7.89. The summed E-state index contributed by atoms with van der Waals surface area (Å²) in [6.45, 7) is 2.00. The lowest BCUT2D eigenvalue weighted by molar-refractivity contribution is 0.552. The maximum atomic E-state index is 12.5. The summed E-state index contributed by atoms with van der Waals surface area (Å²) in [4.78, 5) is 7.89. The molecule has 0 saturated heterocycles. The highest BCUT2D eigenvalue weighted by Crippen LogP contribution is 2.29. The van der Waals surface area contributed by atoms with Gasteiger partial charge in [0.05, 0.1) is 4.90 Å². The number of rotatable bonds is 4. The summed E-state index contributed by atoms with van der Waals surface area (Å²) in [5.74, 6) is 0. The topological polar surface area (TPSA) is 74.8 Å². The van der Waals surface area contributed by atoms with Crippen molar-refractivity contribution in [1.29, 1.82) is 0 Å². The van der Waals surface area contributed by atoms with E-state index in [1.54, 1.807) is 18.3 Å². The normalized spacial score (nSPS) is 15.9. The lowest BCUT2D eigenvalue weighted by Crippen LogP contribution is -2.32. The molecule has 2 heterocycles. The molecule has 0 spiro atoms. The van der Waals surface area contributed by atoms with Crippen molar-refractivity contribution in [2.45, 2.75) is 43.5 Å². The summed E-state index contributed by atoms with van der Waals surface area (Å²) in [5.41, 5.74) is 3.91. The van der Waals surface area contributed by atoms with Crippen molar-refractivity contribution in [2.75, 3.05) is 0 Å². The first-order valence-electron chi connectivity index (χ1n) is 8.60.